The van der Waals surface area contributed by atoms with Crippen molar-refractivity contribution in [3.05, 3.63) is 28.2 Å². The highest BCUT2D eigenvalue weighted by molar-refractivity contribution is 9.10. The number of rotatable bonds is 8. The van der Waals surface area contributed by atoms with E-state index in [1.807, 2.05) is 0 Å². The van der Waals surface area contributed by atoms with Crippen LogP contribution in [0.3, 0.4) is 0 Å². The Morgan fingerprint density at radius 2 is 2.05 bits per heavy atom. The third-order valence-corrected chi connectivity index (χ3v) is 3.79. The highest BCUT2D eigenvalue weighted by Crippen LogP contribution is 2.26. The predicted molar refractivity (Wildman–Crippen MR) is 88.9 cm³/mol. The number of nitrogens with zero attached hydrogens (tertiary/aromatic N) is 1. The second kappa shape index (κ2) is 8.60. The van der Waals surface area contributed by atoms with Crippen LogP contribution >= 0.6 is 15.9 Å². The van der Waals surface area contributed by atoms with E-state index in [1.54, 1.807) is 0 Å². The van der Waals surface area contributed by atoms with Crippen molar-refractivity contribution in [3.63, 3.8) is 0 Å². The molecule has 0 radical (unpaired) electrons. The molecule has 0 aliphatic heterocycles. The van der Waals surface area contributed by atoms with Crippen molar-refractivity contribution in [1.29, 1.82) is 0 Å². The topological polar surface area (TPSA) is 15.3 Å². The number of unbranched alkanes of at least 4 members (excludes halogenated alkanes) is 1. The van der Waals surface area contributed by atoms with Gasteiger partial charge in [-0.3, -0.25) is 0 Å². The molecule has 0 aliphatic rings. The van der Waals surface area contributed by atoms with E-state index in [-0.39, 0.29) is 0 Å². The summed E-state index contributed by atoms with van der Waals surface area (Å²) in [5.41, 5.74) is 2.61. The molecule has 0 saturated heterocycles. The molecule has 108 valence electrons. The van der Waals surface area contributed by atoms with E-state index in [9.17, 15) is 0 Å². The largest absolute Gasteiger partial charge is 0.374 e. The monoisotopic (exact) mass is 326 g/mol. The van der Waals surface area contributed by atoms with E-state index >= 15 is 0 Å². The Bertz CT molecular complexity index is 377. The third kappa shape index (κ3) is 5.96. The molecule has 0 heterocycles. The van der Waals surface area contributed by atoms with Crippen LogP contribution in [-0.2, 0) is 6.54 Å². The fourth-order valence-corrected chi connectivity index (χ4v) is 2.72. The fourth-order valence-electron chi connectivity index (χ4n) is 1.99. The zero-order chi connectivity index (χ0) is 14.3. The van der Waals surface area contributed by atoms with Gasteiger partial charge in [0.1, 0.15) is 0 Å². The van der Waals surface area contributed by atoms with Gasteiger partial charge in [-0.2, -0.15) is 0 Å². The lowest BCUT2D eigenvalue weighted by Gasteiger charge is -2.21. The molecular formula is C16H27BrN2. The molecule has 2 nitrogen and oxygen atoms in total. The second-order valence-corrected chi connectivity index (χ2v) is 6.44. The van der Waals surface area contributed by atoms with E-state index < -0.39 is 0 Å². The smallest absolute Gasteiger partial charge is 0.0508 e. The first-order valence-corrected chi connectivity index (χ1v) is 8.04. The van der Waals surface area contributed by atoms with Gasteiger partial charge in [-0.25, -0.2) is 0 Å². The summed E-state index contributed by atoms with van der Waals surface area (Å²) >= 11 is 3.69. The number of nitrogens with one attached hydrogen (secondary N) is 1. The molecule has 0 fully saturated rings. The van der Waals surface area contributed by atoms with Crippen LogP contribution in [-0.4, -0.2) is 20.1 Å². The van der Waals surface area contributed by atoms with Crippen molar-refractivity contribution in [2.45, 2.75) is 40.2 Å². The first-order chi connectivity index (χ1) is 9.04. The van der Waals surface area contributed by atoms with Gasteiger partial charge in [-0.1, -0.05) is 33.3 Å². The lowest BCUT2D eigenvalue weighted by Crippen LogP contribution is -2.20. The molecule has 19 heavy (non-hydrogen) atoms. The lowest BCUT2D eigenvalue weighted by molar-refractivity contribution is 0.552. The molecule has 0 aliphatic carbocycles. The van der Waals surface area contributed by atoms with Crippen LogP contribution in [0.1, 0.15) is 39.2 Å². The molecule has 3 heteroatoms. The minimum Gasteiger partial charge on any atom is -0.374 e. The van der Waals surface area contributed by atoms with Gasteiger partial charge in [-0.05, 0) is 52.5 Å². The van der Waals surface area contributed by atoms with E-state index in [2.05, 4.69) is 72.2 Å². The number of hydrogen-bond donors (Lipinski definition) is 1. The maximum Gasteiger partial charge on any atom is 0.0508 e. The number of benzene rings is 1. The van der Waals surface area contributed by atoms with Crippen LogP contribution in [0.2, 0.25) is 0 Å². The highest BCUT2D eigenvalue weighted by Gasteiger charge is 2.06. The quantitative estimate of drug-likeness (QED) is 0.760. The molecule has 0 spiro atoms. The van der Waals surface area contributed by atoms with E-state index in [4.69, 9.17) is 0 Å². The Balaban J connectivity index is 2.58. The van der Waals surface area contributed by atoms with Gasteiger partial charge in [0.25, 0.3) is 0 Å². The summed E-state index contributed by atoms with van der Waals surface area (Å²) in [6.45, 7) is 9.81. The zero-order valence-electron chi connectivity index (χ0n) is 12.7. The van der Waals surface area contributed by atoms with E-state index in [1.165, 1.54) is 28.6 Å². The molecule has 0 amide bonds. The summed E-state index contributed by atoms with van der Waals surface area (Å²) in [6, 6.07) is 6.66. The minimum absolute atomic E-state index is 0.697. The average molecular weight is 327 g/mol. The SMILES string of the molecule is CCCCN(C)c1ccc(CNCC(C)C)cc1Br. The highest BCUT2D eigenvalue weighted by atomic mass is 79.9. The number of halogens is 1. The molecule has 0 bridgehead atoms. The van der Waals surface area contributed by atoms with Crippen LogP contribution in [0.15, 0.2) is 22.7 Å². The van der Waals surface area contributed by atoms with E-state index in [0.717, 1.165) is 19.6 Å². The Kier molecular flexibility index (Phi) is 7.47. The van der Waals surface area contributed by atoms with Crippen molar-refractivity contribution in [3.8, 4) is 0 Å². The number of hydrogen-bond acceptors (Lipinski definition) is 2. The Morgan fingerprint density at radius 3 is 2.63 bits per heavy atom. The molecule has 0 aromatic heterocycles. The standard InChI is InChI=1S/C16H27BrN2/c1-5-6-9-19(4)16-8-7-14(10-15(16)17)12-18-11-13(2)3/h7-8,10,13,18H,5-6,9,11-12H2,1-4H3. The summed E-state index contributed by atoms with van der Waals surface area (Å²) < 4.78 is 1.19. The lowest BCUT2D eigenvalue weighted by atomic mass is 10.1. The normalized spacial score (nSPS) is 11.1. The van der Waals surface area contributed by atoms with Crippen molar-refractivity contribution in [2.75, 3.05) is 25.0 Å². The van der Waals surface area contributed by atoms with Gasteiger partial charge < -0.3 is 10.2 Å². The van der Waals surface area contributed by atoms with Gasteiger partial charge in [0, 0.05) is 24.6 Å². The van der Waals surface area contributed by atoms with E-state index in [0.29, 0.717) is 5.92 Å². The number of anilines is 1. The Morgan fingerprint density at radius 1 is 1.32 bits per heavy atom. The van der Waals surface area contributed by atoms with Gasteiger partial charge >= 0.3 is 0 Å². The van der Waals surface area contributed by atoms with Gasteiger partial charge in [0.15, 0.2) is 0 Å². The maximum absolute atomic E-state index is 3.69. The Hall–Kier alpha value is -0.540. The van der Waals surface area contributed by atoms with Crippen molar-refractivity contribution >= 4 is 21.6 Å². The van der Waals surface area contributed by atoms with Gasteiger partial charge in [0.05, 0.1) is 5.69 Å². The second-order valence-electron chi connectivity index (χ2n) is 5.59. The van der Waals surface area contributed by atoms with Gasteiger partial charge in [-0.15, -0.1) is 0 Å². The van der Waals surface area contributed by atoms with Crippen LogP contribution in [0.25, 0.3) is 0 Å². The average Bonchev–Trinajstić information content (AvgIpc) is 2.35. The molecule has 0 unspecified atom stereocenters. The maximum atomic E-state index is 3.69. The summed E-state index contributed by atoms with van der Waals surface area (Å²) in [5, 5.41) is 3.48. The Labute approximate surface area is 126 Å². The van der Waals surface area contributed by atoms with Gasteiger partial charge in [0.2, 0.25) is 0 Å². The van der Waals surface area contributed by atoms with Crippen molar-refractivity contribution < 1.29 is 0 Å². The van der Waals surface area contributed by atoms with Crippen LogP contribution in [0.4, 0.5) is 5.69 Å². The summed E-state index contributed by atoms with van der Waals surface area (Å²) in [6.07, 6.45) is 2.47. The molecule has 0 saturated carbocycles. The molecular weight excluding hydrogens is 300 g/mol. The predicted octanol–water partition coefficient (Wildman–Crippen LogP) is 4.43. The van der Waals surface area contributed by atoms with Crippen LogP contribution in [0, 0.1) is 5.92 Å². The zero-order valence-corrected chi connectivity index (χ0v) is 14.3. The molecule has 1 N–H and O–H groups in total. The molecule has 0 atom stereocenters. The van der Waals surface area contributed by atoms with Crippen molar-refractivity contribution in [2.24, 2.45) is 5.92 Å². The molecule has 1 aromatic rings. The minimum atomic E-state index is 0.697. The molecule has 1 rings (SSSR count). The van der Waals surface area contributed by atoms with Crippen molar-refractivity contribution in [1.82, 2.24) is 5.32 Å². The summed E-state index contributed by atoms with van der Waals surface area (Å²) in [4.78, 5) is 2.32. The first-order valence-electron chi connectivity index (χ1n) is 7.24. The third-order valence-electron chi connectivity index (χ3n) is 3.15. The molecule has 1 aromatic carbocycles. The van der Waals surface area contributed by atoms with Crippen LogP contribution < -0.4 is 10.2 Å². The fraction of sp³-hybridized carbons (Fsp3) is 0.625. The summed E-state index contributed by atoms with van der Waals surface area (Å²) in [7, 11) is 2.16. The van der Waals surface area contributed by atoms with Crippen LogP contribution in [0.5, 0.6) is 0 Å². The summed E-state index contributed by atoms with van der Waals surface area (Å²) in [5.74, 6) is 0.697. The first kappa shape index (κ1) is 16.5.